The standard InChI is InChI=1S/C15H20N4/c1-18-10-6-15(17-18)14-3-2-9-19(12-14)11-13-4-7-16-8-5-13/h4-8,10,14H,2-3,9,11-12H2,1H3/t14-/m0/s1. The lowest BCUT2D eigenvalue weighted by atomic mass is 9.94. The van der Waals surface area contributed by atoms with E-state index >= 15 is 0 Å². The highest BCUT2D eigenvalue weighted by molar-refractivity contribution is 5.11. The van der Waals surface area contributed by atoms with E-state index in [-0.39, 0.29) is 0 Å². The number of aryl methyl sites for hydroxylation is 1. The van der Waals surface area contributed by atoms with Gasteiger partial charge in [-0.25, -0.2) is 0 Å². The van der Waals surface area contributed by atoms with E-state index in [4.69, 9.17) is 0 Å². The Bertz CT molecular complexity index is 520. The van der Waals surface area contributed by atoms with Crippen molar-refractivity contribution in [2.24, 2.45) is 7.05 Å². The maximum Gasteiger partial charge on any atom is 0.0668 e. The zero-order valence-electron chi connectivity index (χ0n) is 11.4. The Morgan fingerprint density at radius 2 is 2.11 bits per heavy atom. The van der Waals surface area contributed by atoms with Crippen LogP contribution in [0.5, 0.6) is 0 Å². The number of hydrogen-bond acceptors (Lipinski definition) is 3. The first-order valence-corrected chi connectivity index (χ1v) is 6.92. The van der Waals surface area contributed by atoms with E-state index in [2.05, 4.69) is 33.2 Å². The van der Waals surface area contributed by atoms with Crippen LogP contribution in [0.25, 0.3) is 0 Å². The summed E-state index contributed by atoms with van der Waals surface area (Å²) in [5.41, 5.74) is 2.58. The molecule has 1 aliphatic heterocycles. The van der Waals surface area contributed by atoms with E-state index in [1.54, 1.807) is 0 Å². The highest BCUT2D eigenvalue weighted by Crippen LogP contribution is 2.26. The highest BCUT2D eigenvalue weighted by Gasteiger charge is 2.22. The average Bonchev–Trinajstić information content (AvgIpc) is 2.87. The van der Waals surface area contributed by atoms with Gasteiger partial charge in [0, 0.05) is 44.6 Å². The van der Waals surface area contributed by atoms with Gasteiger partial charge in [-0.05, 0) is 43.1 Å². The molecule has 4 heteroatoms. The van der Waals surface area contributed by atoms with Gasteiger partial charge in [0.25, 0.3) is 0 Å². The van der Waals surface area contributed by atoms with E-state index in [9.17, 15) is 0 Å². The van der Waals surface area contributed by atoms with Crippen molar-refractivity contribution >= 4 is 0 Å². The third-order valence-electron chi connectivity index (χ3n) is 3.81. The van der Waals surface area contributed by atoms with Crippen molar-refractivity contribution in [2.75, 3.05) is 13.1 Å². The minimum absolute atomic E-state index is 0.580. The molecule has 0 bridgehead atoms. The maximum absolute atomic E-state index is 4.56. The lowest BCUT2D eigenvalue weighted by Crippen LogP contribution is -2.34. The first kappa shape index (κ1) is 12.4. The van der Waals surface area contributed by atoms with E-state index in [0.29, 0.717) is 5.92 Å². The van der Waals surface area contributed by atoms with Gasteiger partial charge in [-0.3, -0.25) is 14.6 Å². The van der Waals surface area contributed by atoms with Crippen molar-refractivity contribution in [3.8, 4) is 0 Å². The largest absolute Gasteiger partial charge is 0.298 e. The molecule has 19 heavy (non-hydrogen) atoms. The van der Waals surface area contributed by atoms with Crippen LogP contribution in [-0.2, 0) is 13.6 Å². The van der Waals surface area contributed by atoms with Gasteiger partial charge in [-0.15, -0.1) is 0 Å². The fourth-order valence-corrected chi connectivity index (χ4v) is 2.84. The maximum atomic E-state index is 4.56. The molecule has 0 unspecified atom stereocenters. The van der Waals surface area contributed by atoms with E-state index in [1.165, 1.54) is 30.6 Å². The minimum atomic E-state index is 0.580. The van der Waals surface area contributed by atoms with Gasteiger partial charge >= 0.3 is 0 Å². The molecule has 0 radical (unpaired) electrons. The van der Waals surface area contributed by atoms with Gasteiger partial charge in [-0.1, -0.05) is 0 Å². The molecule has 100 valence electrons. The summed E-state index contributed by atoms with van der Waals surface area (Å²) < 4.78 is 1.90. The molecule has 1 saturated heterocycles. The quantitative estimate of drug-likeness (QED) is 0.844. The molecule has 0 amide bonds. The molecule has 1 atom stereocenters. The monoisotopic (exact) mass is 256 g/mol. The number of rotatable bonds is 3. The second-order valence-electron chi connectivity index (χ2n) is 5.34. The molecule has 2 aromatic rings. The lowest BCUT2D eigenvalue weighted by molar-refractivity contribution is 0.198. The van der Waals surface area contributed by atoms with E-state index < -0.39 is 0 Å². The zero-order valence-corrected chi connectivity index (χ0v) is 11.4. The van der Waals surface area contributed by atoms with Crippen LogP contribution in [0.4, 0.5) is 0 Å². The SMILES string of the molecule is Cn1ccc([C@H]2CCCN(Cc3ccncc3)C2)n1. The molecule has 4 nitrogen and oxygen atoms in total. The summed E-state index contributed by atoms with van der Waals surface area (Å²) in [5.74, 6) is 0.580. The van der Waals surface area contributed by atoms with Gasteiger partial charge in [-0.2, -0.15) is 5.10 Å². The molecule has 1 fully saturated rings. The Labute approximate surface area is 114 Å². The van der Waals surface area contributed by atoms with Crippen LogP contribution in [0.2, 0.25) is 0 Å². The highest BCUT2D eigenvalue weighted by atomic mass is 15.3. The Morgan fingerprint density at radius 1 is 1.26 bits per heavy atom. The van der Waals surface area contributed by atoms with Crippen LogP contribution in [0, 0.1) is 0 Å². The number of likely N-dealkylation sites (tertiary alicyclic amines) is 1. The molecule has 1 aliphatic rings. The summed E-state index contributed by atoms with van der Waals surface area (Å²) in [5, 5.41) is 4.56. The number of aromatic nitrogens is 3. The van der Waals surface area contributed by atoms with Crippen LogP contribution in [0.1, 0.15) is 30.0 Å². The number of pyridine rings is 1. The molecular formula is C15H20N4. The summed E-state index contributed by atoms with van der Waals surface area (Å²) in [6.45, 7) is 3.32. The van der Waals surface area contributed by atoms with Crippen molar-refractivity contribution in [3.05, 3.63) is 48.0 Å². The van der Waals surface area contributed by atoms with Crippen LogP contribution in [0.15, 0.2) is 36.8 Å². The summed E-state index contributed by atoms with van der Waals surface area (Å²) in [7, 11) is 1.99. The second-order valence-corrected chi connectivity index (χ2v) is 5.34. The Hall–Kier alpha value is -1.68. The summed E-state index contributed by atoms with van der Waals surface area (Å²) in [6, 6.07) is 6.36. The van der Waals surface area contributed by atoms with Gasteiger partial charge in [0.2, 0.25) is 0 Å². The summed E-state index contributed by atoms with van der Waals surface area (Å²) in [6.07, 6.45) is 8.29. The lowest BCUT2D eigenvalue weighted by Gasteiger charge is -2.31. The van der Waals surface area contributed by atoms with Crippen molar-refractivity contribution < 1.29 is 0 Å². The minimum Gasteiger partial charge on any atom is -0.298 e. The molecule has 2 aromatic heterocycles. The Kier molecular flexibility index (Phi) is 3.60. The zero-order chi connectivity index (χ0) is 13.1. The van der Waals surface area contributed by atoms with Crippen molar-refractivity contribution in [3.63, 3.8) is 0 Å². The second kappa shape index (κ2) is 5.53. The Morgan fingerprint density at radius 3 is 2.84 bits per heavy atom. The fraction of sp³-hybridized carbons (Fsp3) is 0.467. The van der Waals surface area contributed by atoms with Crippen molar-refractivity contribution in [1.29, 1.82) is 0 Å². The van der Waals surface area contributed by atoms with E-state index in [0.717, 1.165) is 13.1 Å². The Balaban J connectivity index is 1.65. The van der Waals surface area contributed by atoms with Gasteiger partial charge in [0.15, 0.2) is 0 Å². The predicted molar refractivity (Wildman–Crippen MR) is 74.7 cm³/mol. The molecule has 0 aliphatic carbocycles. The number of nitrogens with zero attached hydrogens (tertiary/aromatic N) is 4. The first-order valence-electron chi connectivity index (χ1n) is 6.92. The molecule has 0 saturated carbocycles. The average molecular weight is 256 g/mol. The smallest absolute Gasteiger partial charge is 0.0668 e. The summed E-state index contributed by atoms with van der Waals surface area (Å²) in [4.78, 5) is 6.60. The molecule has 3 heterocycles. The third-order valence-corrected chi connectivity index (χ3v) is 3.81. The van der Waals surface area contributed by atoms with Crippen LogP contribution in [-0.4, -0.2) is 32.8 Å². The number of hydrogen-bond donors (Lipinski definition) is 0. The van der Waals surface area contributed by atoms with Crippen molar-refractivity contribution in [1.82, 2.24) is 19.7 Å². The molecular weight excluding hydrogens is 236 g/mol. The van der Waals surface area contributed by atoms with Gasteiger partial charge in [0.1, 0.15) is 0 Å². The topological polar surface area (TPSA) is 34.0 Å². The van der Waals surface area contributed by atoms with Gasteiger partial charge in [0.05, 0.1) is 5.69 Å². The number of piperidine rings is 1. The fourth-order valence-electron chi connectivity index (χ4n) is 2.84. The van der Waals surface area contributed by atoms with Gasteiger partial charge < -0.3 is 0 Å². The van der Waals surface area contributed by atoms with E-state index in [1.807, 2.05) is 30.3 Å². The van der Waals surface area contributed by atoms with Crippen LogP contribution >= 0.6 is 0 Å². The van der Waals surface area contributed by atoms with Crippen LogP contribution < -0.4 is 0 Å². The normalized spacial score (nSPS) is 20.6. The predicted octanol–water partition coefficient (Wildman–Crippen LogP) is 2.19. The summed E-state index contributed by atoms with van der Waals surface area (Å²) >= 11 is 0. The first-order chi connectivity index (χ1) is 9.31. The molecule has 0 aromatic carbocycles. The molecule has 3 rings (SSSR count). The third kappa shape index (κ3) is 3.01. The van der Waals surface area contributed by atoms with Crippen molar-refractivity contribution in [2.45, 2.75) is 25.3 Å². The molecule has 0 spiro atoms. The van der Waals surface area contributed by atoms with Crippen LogP contribution in [0.3, 0.4) is 0 Å². The molecule has 0 N–H and O–H groups in total.